The lowest BCUT2D eigenvalue weighted by atomic mass is 10.1. The Hall–Kier alpha value is -4.26. The molecule has 50 heavy (non-hydrogen) atoms. The first-order valence-electron chi connectivity index (χ1n) is 18.5. The Labute approximate surface area is 302 Å². The van der Waals surface area contributed by atoms with Crippen LogP contribution >= 0.6 is 0 Å². The molecule has 0 saturated heterocycles. The number of nitrogens with zero attached hydrogens (tertiary/aromatic N) is 4. The van der Waals surface area contributed by atoms with Crippen molar-refractivity contribution in [2.45, 2.75) is 77.3 Å². The number of hydrogen-bond donors (Lipinski definition) is 2. The van der Waals surface area contributed by atoms with Crippen LogP contribution in [-0.2, 0) is 13.1 Å². The van der Waals surface area contributed by atoms with Gasteiger partial charge in [-0.05, 0) is 85.4 Å². The fourth-order valence-corrected chi connectivity index (χ4v) is 5.67. The Morgan fingerprint density at radius 2 is 0.800 bits per heavy atom. The van der Waals surface area contributed by atoms with Gasteiger partial charge in [-0.15, -0.1) is 0 Å². The van der Waals surface area contributed by atoms with Crippen molar-refractivity contribution < 1.29 is 19.3 Å². The predicted molar refractivity (Wildman–Crippen MR) is 213 cm³/mol. The molecule has 0 amide bonds. The highest BCUT2D eigenvalue weighted by molar-refractivity contribution is 5.69. The van der Waals surface area contributed by atoms with E-state index in [9.17, 15) is 0 Å². The third-order valence-corrected chi connectivity index (χ3v) is 8.78. The van der Waals surface area contributed by atoms with Gasteiger partial charge in [0.15, 0.2) is 12.4 Å². The smallest absolute Gasteiger partial charge is 0.205 e. The molecule has 0 aliphatic heterocycles. The van der Waals surface area contributed by atoms with Gasteiger partial charge in [-0.25, -0.2) is 0 Å². The van der Waals surface area contributed by atoms with E-state index in [2.05, 4.69) is 169 Å². The number of benzene rings is 2. The molecule has 0 spiro atoms. The molecule has 0 bridgehead atoms. The second kappa shape index (κ2) is 24.0. The molecule has 0 unspecified atom stereocenters. The minimum Gasteiger partial charge on any atom is -0.396 e. The summed E-state index contributed by atoms with van der Waals surface area (Å²) in [7, 11) is 8.23. The van der Waals surface area contributed by atoms with Gasteiger partial charge in [0.1, 0.15) is 13.1 Å². The summed E-state index contributed by atoms with van der Waals surface area (Å²) in [5.41, 5.74) is 7.32. The van der Waals surface area contributed by atoms with Crippen molar-refractivity contribution in [1.82, 2.24) is 0 Å². The lowest BCUT2D eigenvalue weighted by Crippen LogP contribution is -2.36. The highest BCUT2D eigenvalue weighted by Crippen LogP contribution is 2.15. The summed E-state index contributed by atoms with van der Waals surface area (Å²) in [6, 6.07) is 29.9. The highest BCUT2D eigenvalue weighted by Gasteiger charge is 2.07. The van der Waals surface area contributed by atoms with Crippen molar-refractivity contribution in [2.24, 2.45) is 0 Å². The first-order chi connectivity index (χ1) is 24.4. The van der Waals surface area contributed by atoms with E-state index in [4.69, 9.17) is 10.2 Å². The zero-order valence-electron chi connectivity index (χ0n) is 31.1. The van der Waals surface area contributed by atoms with Crippen molar-refractivity contribution in [3.63, 3.8) is 0 Å². The monoisotopic (exact) mass is 678 g/mol. The van der Waals surface area contributed by atoms with Crippen LogP contribution in [0.1, 0.15) is 86.7 Å². The van der Waals surface area contributed by atoms with Crippen molar-refractivity contribution in [1.29, 1.82) is 0 Å². The Bertz CT molecular complexity index is 1530. The maximum Gasteiger partial charge on any atom is 0.205 e. The van der Waals surface area contributed by atoms with Crippen LogP contribution in [0, 0.1) is 0 Å². The molecule has 4 aromatic rings. The summed E-state index contributed by atoms with van der Waals surface area (Å²) in [6.07, 6.45) is 24.4. The van der Waals surface area contributed by atoms with Crippen LogP contribution in [-0.4, -0.2) is 51.6 Å². The zero-order chi connectivity index (χ0) is 35.8. The summed E-state index contributed by atoms with van der Waals surface area (Å²) in [4.78, 5) is 4.22. The molecule has 2 heterocycles. The molecule has 268 valence electrons. The van der Waals surface area contributed by atoms with Crippen LogP contribution in [0.2, 0.25) is 0 Å². The van der Waals surface area contributed by atoms with Crippen molar-refractivity contribution in [2.75, 3.05) is 51.2 Å². The fraction of sp³-hybridized carbons (Fsp3) is 0.409. The first kappa shape index (κ1) is 40.2. The molecule has 4 rings (SSSR count). The summed E-state index contributed by atoms with van der Waals surface area (Å²) in [5.74, 6) is 0. The van der Waals surface area contributed by atoms with E-state index in [1.807, 2.05) is 0 Å². The lowest BCUT2D eigenvalue weighted by molar-refractivity contribution is -0.699. The normalized spacial score (nSPS) is 11.2. The Morgan fingerprint density at radius 3 is 1.16 bits per heavy atom. The second-order valence-electron chi connectivity index (χ2n) is 13.3. The molecule has 0 radical (unpaired) electrons. The predicted octanol–water partition coefficient (Wildman–Crippen LogP) is 8.31. The second-order valence-corrected chi connectivity index (χ2v) is 13.3. The SMILES string of the molecule is CN(C)c1ccc(/C=C/c2cccc[n+]2CCCCCCCCO)cc1.CN(C)c1ccc(/C=C/c2cccc[n+]2CCCCCCO)cc1. The van der Waals surface area contributed by atoms with Crippen LogP contribution in [0.25, 0.3) is 24.3 Å². The summed E-state index contributed by atoms with van der Waals surface area (Å²) in [6.45, 7) is 2.71. The largest absolute Gasteiger partial charge is 0.396 e. The van der Waals surface area contributed by atoms with Gasteiger partial charge in [-0.1, -0.05) is 49.9 Å². The first-order valence-corrected chi connectivity index (χ1v) is 18.5. The number of aliphatic hydroxyl groups excluding tert-OH is 2. The molecular formula is C44H62N4O2+2. The van der Waals surface area contributed by atoms with E-state index in [0.717, 1.165) is 51.6 Å². The average Bonchev–Trinajstić information content (AvgIpc) is 3.14. The number of hydrogen-bond acceptors (Lipinski definition) is 4. The topological polar surface area (TPSA) is 54.7 Å². The minimum atomic E-state index is 0.305. The van der Waals surface area contributed by atoms with E-state index < -0.39 is 0 Å². The van der Waals surface area contributed by atoms with Gasteiger partial charge in [0.25, 0.3) is 0 Å². The molecule has 0 saturated carbocycles. The summed E-state index contributed by atoms with van der Waals surface area (Å²) < 4.78 is 4.63. The van der Waals surface area contributed by atoms with Crippen LogP contribution in [0.15, 0.2) is 97.3 Å². The molecule has 0 fully saturated rings. The van der Waals surface area contributed by atoms with Gasteiger partial charge in [0.2, 0.25) is 11.4 Å². The maximum absolute atomic E-state index is 8.84. The van der Waals surface area contributed by atoms with Gasteiger partial charge < -0.3 is 20.0 Å². The van der Waals surface area contributed by atoms with Crippen molar-refractivity contribution in [3.05, 3.63) is 120 Å². The quantitative estimate of drug-likeness (QED) is 0.0730. The molecule has 0 atom stereocenters. The molecule has 0 aliphatic carbocycles. The third kappa shape index (κ3) is 15.5. The van der Waals surface area contributed by atoms with Crippen molar-refractivity contribution >= 4 is 35.7 Å². The molecular weight excluding hydrogens is 617 g/mol. The number of unbranched alkanes of at least 4 members (excludes halogenated alkanes) is 8. The standard InChI is InChI=1S/C23H33N2O.C21H29N2O/c1-24(2)22-15-12-21(13-16-22)14-17-23-11-7-9-19-25(23)18-8-5-3-4-6-10-20-26;1-22(2)20-13-10-19(11-14-20)12-15-21-9-5-7-17-23(21)16-6-3-4-8-18-24/h7,9,11-17,19,26H,3-6,8,10,18,20H2,1-2H3;5,7,9-15,17,24H,3-4,6,8,16,18H2,1-2H3/q2*+1. The summed E-state index contributed by atoms with van der Waals surface area (Å²) >= 11 is 0. The number of aromatic nitrogens is 2. The molecule has 6 nitrogen and oxygen atoms in total. The Balaban J connectivity index is 0.000000271. The van der Waals surface area contributed by atoms with Crippen LogP contribution in [0.4, 0.5) is 11.4 Å². The zero-order valence-corrected chi connectivity index (χ0v) is 31.1. The minimum absolute atomic E-state index is 0.305. The van der Waals surface area contributed by atoms with Crippen molar-refractivity contribution in [3.8, 4) is 0 Å². The van der Waals surface area contributed by atoms with Gasteiger partial charge in [-0.3, -0.25) is 0 Å². The van der Waals surface area contributed by atoms with E-state index >= 15 is 0 Å². The van der Waals surface area contributed by atoms with E-state index in [1.165, 1.54) is 59.6 Å². The van der Waals surface area contributed by atoms with Gasteiger partial charge in [-0.2, -0.15) is 9.13 Å². The number of anilines is 2. The van der Waals surface area contributed by atoms with Crippen LogP contribution in [0.3, 0.4) is 0 Å². The lowest BCUT2D eigenvalue weighted by Gasteiger charge is -2.11. The van der Waals surface area contributed by atoms with Gasteiger partial charge in [0.05, 0.1) is 0 Å². The molecule has 0 aliphatic rings. The Kier molecular flexibility index (Phi) is 19.3. The van der Waals surface area contributed by atoms with Gasteiger partial charge in [0, 0.05) is 102 Å². The molecule has 2 aromatic heterocycles. The van der Waals surface area contributed by atoms with Gasteiger partial charge >= 0.3 is 0 Å². The fourth-order valence-electron chi connectivity index (χ4n) is 5.67. The number of aryl methyl sites for hydroxylation is 2. The number of aliphatic hydroxyl groups is 2. The number of pyridine rings is 2. The average molecular weight is 679 g/mol. The third-order valence-electron chi connectivity index (χ3n) is 8.78. The van der Waals surface area contributed by atoms with E-state index in [-0.39, 0.29) is 0 Å². The van der Waals surface area contributed by atoms with E-state index in [0.29, 0.717) is 13.2 Å². The Morgan fingerprint density at radius 1 is 0.440 bits per heavy atom. The number of rotatable bonds is 20. The highest BCUT2D eigenvalue weighted by atomic mass is 16.3. The molecule has 2 aromatic carbocycles. The van der Waals surface area contributed by atoms with Crippen LogP contribution in [0.5, 0.6) is 0 Å². The summed E-state index contributed by atoms with van der Waals surface area (Å²) in [5, 5.41) is 17.6. The van der Waals surface area contributed by atoms with Crippen LogP contribution < -0.4 is 18.9 Å². The molecule has 2 N–H and O–H groups in total. The maximum atomic E-state index is 8.84. The molecule has 6 heteroatoms. The van der Waals surface area contributed by atoms with E-state index in [1.54, 1.807) is 0 Å².